The first-order chi connectivity index (χ1) is 14.3. The minimum absolute atomic E-state index is 0.0122. The Balaban J connectivity index is 3.05. The summed E-state index contributed by atoms with van der Waals surface area (Å²) in [5.74, 6) is -5.89. The Hall–Kier alpha value is -2.18. The molecule has 0 amide bonds. The number of hydrogen-bond donors (Lipinski definition) is 0. The molecule has 0 N–H and O–H groups in total. The molecule has 0 radical (unpaired) electrons. The molecule has 0 bridgehead atoms. The van der Waals surface area contributed by atoms with Crippen LogP contribution in [0, 0.1) is 14.9 Å². The normalized spacial score (nSPS) is 13.8. The zero-order valence-electron chi connectivity index (χ0n) is 14.8. The standard InChI is InChI=1S/C18H6F12IN/c19-14(16(22,23)24,17(25,26)27)11-5-10(15(20,21)18(28,29)30)6-12(31)13(11)9-3-1-8(7-32)2-4-9/h1-6H. The van der Waals surface area contributed by atoms with Gasteiger partial charge < -0.3 is 0 Å². The van der Waals surface area contributed by atoms with E-state index in [0.29, 0.717) is 0 Å². The molecule has 0 heterocycles. The van der Waals surface area contributed by atoms with Gasteiger partial charge in [0.2, 0.25) is 0 Å². The highest BCUT2D eigenvalue weighted by molar-refractivity contribution is 14.1. The van der Waals surface area contributed by atoms with Crippen LogP contribution in [0.2, 0.25) is 0 Å². The fraction of sp³-hybridized carbons (Fsp3) is 0.278. The van der Waals surface area contributed by atoms with Gasteiger partial charge in [0.25, 0.3) is 0 Å². The van der Waals surface area contributed by atoms with Crippen molar-refractivity contribution < 1.29 is 52.7 Å². The summed E-state index contributed by atoms with van der Waals surface area (Å²) in [5.41, 5.74) is -13.0. The highest BCUT2D eigenvalue weighted by Crippen LogP contribution is 2.57. The molecule has 1 nitrogen and oxygen atoms in total. The molecule has 0 atom stereocenters. The first kappa shape index (κ1) is 26.1. The molecule has 0 aliphatic heterocycles. The smallest absolute Gasteiger partial charge is 0.218 e. The number of rotatable bonds is 3. The molecule has 32 heavy (non-hydrogen) atoms. The first-order valence-electron chi connectivity index (χ1n) is 7.91. The summed E-state index contributed by atoms with van der Waals surface area (Å²) in [6.07, 6.45) is -19.9. The average molecular weight is 591 g/mol. The summed E-state index contributed by atoms with van der Waals surface area (Å²) in [7, 11) is 0. The van der Waals surface area contributed by atoms with Crippen molar-refractivity contribution in [2.75, 3.05) is 0 Å². The highest BCUT2D eigenvalue weighted by Gasteiger charge is 2.74. The Morgan fingerprint density at radius 2 is 1.16 bits per heavy atom. The van der Waals surface area contributed by atoms with Crippen molar-refractivity contribution in [2.24, 2.45) is 0 Å². The lowest BCUT2D eigenvalue weighted by Gasteiger charge is -2.33. The van der Waals surface area contributed by atoms with Gasteiger partial charge >= 0.3 is 30.1 Å². The topological polar surface area (TPSA) is 23.8 Å². The van der Waals surface area contributed by atoms with Gasteiger partial charge in [-0.15, -0.1) is 0 Å². The fourth-order valence-corrected chi connectivity index (χ4v) is 3.63. The SMILES string of the molecule is N#Cc1ccc(-c2c(I)cc(C(F)(F)C(F)(F)F)cc2C(F)(C(F)(F)F)C(F)(F)F)cc1. The van der Waals surface area contributed by atoms with Crippen LogP contribution in [-0.2, 0) is 11.6 Å². The molecule has 2 rings (SSSR count). The molecule has 0 saturated carbocycles. The number of alkyl halides is 12. The molecule has 0 aliphatic rings. The van der Waals surface area contributed by atoms with E-state index in [9.17, 15) is 52.7 Å². The van der Waals surface area contributed by atoms with Gasteiger partial charge in [-0.1, -0.05) is 12.1 Å². The molecule has 2 aromatic rings. The summed E-state index contributed by atoms with van der Waals surface area (Å²) in [4.78, 5) is 0. The van der Waals surface area contributed by atoms with Gasteiger partial charge in [0.05, 0.1) is 11.6 Å². The molecule has 0 spiro atoms. The molecule has 0 aliphatic carbocycles. The fourth-order valence-electron chi connectivity index (χ4n) is 2.69. The predicted molar refractivity (Wildman–Crippen MR) is 94.2 cm³/mol. The van der Waals surface area contributed by atoms with Gasteiger partial charge in [-0.3, -0.25) is 0 Å². The number of benzene rings is 2. The van der Waals surface area contributed by atoms with Gasteiger partial charge in [-0.25, -0.2) is 4.39 Å². The summed E-state index contributed by atoms with van der Waals surface area (Å²) < 4.78 is 160. The van der Waals surface area contributed by atoms with Crippen molar-refractivity contribution in [3.05, 3.63) is 56.7 Å². The van der Waals surface area contributed by atoms with Gasteiger partial charge in [0.15, 0.2) is 0 Å². The summed E-state index contributed by atoms with van der Waals surface area (Å²) in [6.45, 7) is 0. The second kappa shape index (κ2) is 7.99. The molecule has 0 fully saturated rings. The van der Waals surface area contributed by atoms with E-state index >= 15 is 0 Å². The molecule has 0 saturated heterocycles. The van der Waals surface area contributed by atoms with Crippen LogP contribution < -0.4 is 0 Å². The number of halogens is 13. The van der Waals surface area contributed by atoms with E-state index in [0.717, 1.165) is 46.9 Å². The van der Waals surface area contributed by atoms with Crippen molar-refractivity contribution in [1.29, 1.82) is 5.26 Å². The molecular formula is C18H6F12IN. The molecule has 0 aromatic heterocycles. The number of nitrogens with zero attached hydrogens (tertiary/aromatic N) is 1. The van der Waals surface area contributed by atoms with Crippen LogP contribution in [0.15, 0.2) is 36.4 Å². The van der Waals surface area contributed by atoms with Gasteiger partial charge in [0, 0.05) is 20.3 Å². The van der Waals surface area contributed by atoms with E-state index in [1.807, 2.05) is 0 Å². The largest absolute Gasteiger partial charge is 0.458 e. The van der Waals surface area contributed by atoms with Gasteiger partial charge in [0.1, 0.15) is 0 Å². The number of hydrogen-bond acceptors (Lipinski definition) is 1. The molecule has 174 valence electrons. The van der Waals surface area contributed by atoms with Crippen LogP contribution in [0.25, 0.3) is 11.1 Å². The van der Waals surface area contributed by atoms with E-state index in [4.69, 9.17) is 5.26 Å². The summed E-state index contributed by atoms with van der Waals surface area (Å²) in [5, 5.41) is 8.75. The summed E-state index contributed by atoms with van der Waals surface area (Å²) >= 11 is 0.931. The quantitative estimate of drug-likeness (QED) is 0.265. The first-order valence-corrected chi connectivity index (χ1v) is 8.99. The molecule has 2 aromatic carbocycles. The average Bonchev–Trinajstić information content (AvgIpc) is 2.64. The van der Waals surface area contributed by atoms with Crippen molar-refractivity contribution >= 4 is 22.6 Å². The Bertz CT molecular complexity index is 1030. The van der Waals surface area contributed by atoms with Crippen LogP contribution >= 0.6 is 22.6 Å². The van der Waals surface area contributed by atoms with Crippen LogP contribution in [0.5, 0.6) is 0 Å². The van der Waals surface area contributed by atoms with E-state index in [2.05, 4.69) is 0 Å². The zero-order valence-corrected chi connectivity index (χ0v) is 17.0. The van der Waals surface area contributed by atoms with E-state index in [1.165, 1.54) is 0 Å². The third-order valence-corrected chi connectivity index (χ3v) is 5.11. The Labute approximate surface area is 184 Å². The maximum Gasteiger partial charge on any atom is 0.458 e. The maximum absolute atomic E-state index is 14.8. The zero-order chi connectivity index (χ0) is 24.9. The van der Waals surface area contributed by atoms with Crippen LogP contribution in [0.3, 0.4) is 0 Å². The predicted octanol–water partition coefficient (Wildman–Crippen LogP) is 7.77. The number of nitriles is 1. The minimum atomic E-state index is -6.78. The lowest BCUT2D eigenvalue weighted by molar-refractivity contribution is -0.348. The van der Waals surface area contributed by atoms with E-state index in [1.54, 1.807) is 6.07 Å². The lowest BCUT2D eigenvalue weighted by Crippen LogP contribution is -2.51. The minimum Gasteiger partial charge on any atom is -0.218 e. The Morgan fingerprint density at radius 3 is 1.53 bits per heavy atom. The Morgan fingerprint density at radius 1 is 0.688 bits per heavy atom. The van der Waals surface area contributed by atoms with Crippen LogP contribution in [0.4, 0.5) is 52.7 Å². The second-order valence-electron chi connectivity index (χ2n) is 6.30. The van der Waals surface area contributed by atoms with Crippen molar-refractivity contribution in [1.82, 2.24) is 0 Å². The van der Waals surface area contributed by atoms with Crippen LogP contribution in [0.1, 0.15) is 16.7 Å². The molecule has 0 unspecified atom stereocenters. The Kier molecular flexibility index (Phi) is 6.51. The van der Waals surface area contributed by atoms with Crippen molar-refractivity contribution in [3.63, 3.8) is 0 Å². The van der Waals surface area contributed by atoms with Gasteiger partial charge in [-0.2, -0.15) is 53.6 Å². The highest BCUT2D eigenvalue weighted by atomic mass is 127. The van der Waals surface area contributed by atoms with Crippen LogP contribution in [-0.4, -0.2) is 18.5 Å². The molecule has 14 heteroatoms. The second-order valence-corrected chi connectivity index (χ2v) is 7.46. The third-order valence-electron chi connectivity index (χ3n) is 4.26. The van der Waals surface area contributed by atoms with Gasteiger partial charge in [-0.05, 0) is 52.4 Å². The van der Waals surface area contributed by atoms with Crippen molar-refractivity contribution in [3.8, 4) is 17.2 Å². The van der Waals surface area contributed by atoms with E-state index < -0.39 is 62.0 Å². The maximum atomic E-state index is 14.8. The third kappa shape index (κ3) is 4.23. The van der Waals surface area contributed by atoms with E-state index in [-0.39, 0.29) is 11.6 Å². The monoisotopic (exact) mass is 591 g/mol. The summed E-state index contributed by atoms with van der Waals surface area (Å²) in [6, 6.07) is 4.27. The lowest BCUT2D eigenvalue weighted by atomic mass is 9.84. The van der Waals surface area contributed by atoms with Crippen molar-refractivity contribution in [2.45, 2.75) is 30.1 Å². The molecular weight excluding hydrogens is 585 g/mol.